The second-order valence-electron chi connectivity index (χ2n) is 4.85. The molecule has 1 aliphatic heterocycles. The van der Waals surface area contributed by atoms with Crippen LogP contribution < -0.4 is 0 Å². The number of hydrogen-bond acceptors (Lipinski definition) is 5. The summed E-state index contributed by atoms with van der Waals surface area (Å²) in [6.07, 6.45) is 11.7. The average Bonchev–Trinajstić information content (AvgIpc) is 2.48. The van der Waals surface area contributed by atoms with Crippen LogP contribution in [-0.4, -0.2) is 29.1 Å². The molecule has 2 aliphatic rings. The van der Waals surface area contributed by atoms with E-state index in [1.165, 1.54) is 0 Å². The summed E-state index contributed by atoms with van der Waals surface area (Å²) in [5, 5.41) is 9.88. The van der Waals surface area contributed by atoms with E-state index in [4.69, 9.17) is 9.47 Å². The van der Waals surface area contributed by atoms with E-state index in [-0.39, 0.29) is 11.7 Å². The van der Waals surface area contributed by atoms with E-state index in [2.05, 4.69) is 0 Å². The van der Waals surface area contributed by atoms with Gasteiger partial charge in [0.1, 0.15) is 17.8 Å². The minimum atomic E-state index is -0.170. The second-order valence-corrected chi connectivity index (χ2v) is 4.85. The fourth-order valence-electron chi connectivity index (χ4n) is 2.23. The van der Waals surface area contributed by atoms with Gasteiger partial charge >= 0.3 is 5.97 Å². The zero-order valence-electron chi connectivity index (χ0n) is 12.2. The van der Waals surface area contributed by atoms with Crippen LogP contribution >= 0.6 is 0 Å². The smallest absolute Gasteiger partial charge is 0.305 e. The van der Waals surface area contributed by atoms with Crippen molar-refractivity contribution in [3.8, 4) is 0 Å². The molecular weight excluding hydrogens is 270 g/mol. The number of hydrogen-bond donors (Lipinski definition) is 1. The van der Waals surface area contributed by atoms with E-state index >= 15 is 0 Å². The minimum Gasteiger partial charge on any atom is -0.508 e. The molecule has 0 atom stereocenters. The van der Waals surface area contributed by atoms with Crippen molar-refractivity contribution in [3.63, 3.8) is 0 Å². The highest BCUT2D eigenvalue weighted by Gasteiger charge is 2.17. The Hall–Kier alpha value is -2.17. The molecule has 0 bridgehead atoms. The predicted octanol–water partition coefficient (Wildman–Crippen LogP) is 3.14. The standard InChI is InChI=1S/C16H21NO4/c1-2-20-16(19)8-5-9-17-10-11-21-15(12-17)13-6-3-4-7-14(13)18/h4,7,10-12,18H,2-3,5-6,8-9H2,1H3. The van der Waals surface area contributed by atoms with Crippen molar-refractivity contribution < 1.29 is 19.4 Å². The lowest BCUT2D eigenvalue weighted by Gasteiger charge is -2.23. The number of esters is 1. The molecule has 2 rings (SSSR count). The van der Waals surface area contributed by atoms with Gasteiger partial charge in [0, 0.05) is 30.9 Å². The highest BCUT2D eigenvalue weighted by atomic mass is 16.5. The van der Waals surface area contributed by atoms with Crippen LogP contribution in [0.4, 0.5) is 0 Å². The predicted molar refractivity (Wildman–Crippen MR) is 78.9 cm³/mol. The van der Waals surface area contributed by atoms with E-state index in [1.807, 2.05) is 23.4 Å². The Morgan fingerprint density at radius 1 is 1.52 bits per heavy atom. The highest BCUT2D eigenvalue weighted by molar-refractivity contribution is 5.69. The van der Waals surface area contributed by atoms with Crippen LogP contribution in [0.2, 0.25) is 0 Å². The van der Waals surface area contributed by atoms with Gasteiger partial charge in [0.2, 0.25) is 0 Å². The molecule has 0 spiro atoms. The molecule has 1 heterocycles. The maximum absolute atomic E-state index is 11.3. The summed E-state index contributed by atoms with van der Waals surface area (Å²) in [6, 6.07) is 0. The number of aliphatic hydroxyl groups is 1. The topological polar surface area (TPSA) is 59.0 Å². The van der Waals surface area contributed by atoms with Crippen LogP contribution in [0.1, 0.15) is 32.6 Å². The molecule has 114 valence electrons. The summed E-state index contributed by atoms with van der Waals surface area (Å²) in [6.45, 7) is 2.92. The number of allylic oxidation sites excluding steroid dienone is 3. The Morgan fingerprint density at radius 2 is 2.38 bits per heavy atom. The maximum Gasteiger partial charge on any atom is 0.305 e. The van der Waals surface area contributed by atoms with Gasteiger partial charge in [-0.25, -0.2) is 0 Å². The van der Waals surface area contributed by atoms with Gasteiger partial charge < -0.3 is 19.5 Å². The van der Waals surface area contributed by atoms with Gasteiger partial charge in [-0.3, -0.25) is 4.79 Å². The highest BCUT2D eigenvalue weighted by Crippen LogP contribution is 2.27. The van der Waals surface area contributed by atoms with Gasteiger partial charge in [0.25, 0.3) is 0 Å². The lowest BCUT2D eigenvalue weighted by molar-refractivity contribution is -0.143. The summed E-state index contributed by atoms with van der Waals surface area (Å²) in [5.74, 6) is 0.751. The van der Waals surface area contributed by atoms with Gasteiger partial charge in [-0.05, 0) is 32.3 Å². The normalized spacial score (nSPS) is 17.6. The summed E-state index contributed by atoms with van der Waals surface area (Å²) >= 11 is 0. The van der Waals surface area contributed by atoms with Crippen LogP contribution in [-0.2, 0) is 14.3 Å². The fraction of sp³-hybridized carbons (Fsp3) is 0.438. The first-order valence-electron chi connectivity index (χ1n) is 7.26. The van der Waals surface area contributed by atoms with Gasteiger partial charge in [-0.2, -0.15) is 0 Å². The van der Waals surface area contributed by atoms with Crippen molar-refractivity contribution in [1.29, 1.82) is 0 Å². The molecule has 0 saturated carbocycles. The summed E-state index contributed by atoms with van der Waals surface area (Å²) in [7, 11) is 0. The monoisotopic (exact) mass is 291 g/mol. The lowest BCUT2D eigenvalue weighted by Crippen LogP contribution is -2.18. The SMILES string of the molecule is CCOC(=O)CCCN1C=COC(C2=C(O)C=CCC2)=C1. The summed E-state index contributed by atoms with van der Waals surface area (Å²) in [4.78, 5) is 13.2. The van der Waals surface area contributed by atoms with Gasteiger partial charge in [-0.1, -0.05) is 6.08 Å². The fourth-order valence-corrected chi connectivity index (χ4v) is 2.23. The molecule has 1 N–H and O–H groups in total. The van der Waals surface area contributed by atoms with Crippen molar-refractivity contribution in [2.75, 3.05) is 13.2 Å². The first-order chi connectivity index (χ1) is 10.2. The van der Waals surface area contributed by atoms with E-state index in [9.17, 15) is 9.90 Å². The second kappa shape index (κ2) is 7.57. The Labute approximate surface area is 124 Å². The van der Waals surface area contributed by atoms with Crippen molar-refractivity contribution >= 4 is 5.97 Å². The maximum atomic E-state index is 11.3. The molecule has 0 unspecified atom stereocenters. The van der Waals surface area contributed by atoms with Gasteiger partial charge in [0.05, 0.1) is 6.61 Å². The number of ether oxygens (including phenoxy) is 2. The molecular formula is C16H21NO4. The van der Waals surface area contributed by atoms with Crippen LogP contribution in [0.15, 0.2) is 47.9 Å². The third kappa shape index (κ3) is 4.41. The molecule has 0 aromatic heterocycles. The third-order valence-corrected chi connectivity index (χ3v) is 3.28. The quantitative estimate of drug-likeness (QED) is 0.762. The number of aliphatic hydroxyl groups excluding tert-OH is 1. The Kier molecular flexibility index (Phi) is 5.49. The molecule has 1 aliphatic carbocycles. The van der Waals surface area contributed by atoms with Crippen molar-refractivity contribution in [1.82, 2.24) is 4.90 Å². The Morgan fingerprint density at radius 3 is 3.14 bits per heavy atom. The molecule has 5 heteroatoms. The number of carbonyl (C=O) groups is 1. The average molecular weight is 291 g/mol. The van der Waals surface area contributed by atoms with E-state index in [1.54, 1.807) is 19.3 Å². The van der Waals surface area contributed by atoms with Crippen LogP contribution in [0.5, 0.6) is 0 Å². The molecule has 0 saturated heterocycles. The first kappa shape index (κ1) is 15.2. The first-order valence-corrected chi connectivity index (χ1v) is 7.26. The Balaban J connectivity index is 1.90. The van der Waals surface area contributed by atoms with Gasteiger partial charge in [-0.15, -0.1) is 0 Å². The van der Waals surface area contributed by atoms with E-state index < -0.39 is 0 Å². The van der Waals surface area contributed by atoms with E-state index in [0.717, 1.165) is 18.4 Å². The van der Waals surface area contributed by atoms with Gasteiger partial charge in [0.15, 0.2) is 0 Å². The van der Waals surface area contributed by atoms with Crippen LogP contribution in [0, 0.1) is 0 Å². The number of rotatable bonds is 6. The van der Waals surface area contributed by atoms with Crippen LogP contribution in [0.3, 0.4) is 0 Å². The largest absolute Gasteiger partial charge is 0.508 e. The number of nitrogens with zero attached hydrogens (tertiary/aromatic N) is 1. The summed E-state index contributed by atoms with van der Waals surface area (Å²) < 4.78 is 10.4. The van der Waals surface area contributed by atoms with Crippen LogP contribution in [0.25, 0.3) is 0 Å². The number of carbonyl (C=O) groups excluding carboxylic acids is 1. The minimum absolute atomic E-state index is 0.170. The molecule has 0 radical (unpaired) electrons. The third-order valence-electron chi connectivity index (χ3n) is 3.28. The molecule has 21 heavy (non-hydrogen) atoms. The lowest BCUT2D eigenvalue weighted by atomic mass is 10.0. The molecule has 0 aromatic rings. The van der Waals surface area contributed by atoms with Crippen molar-refractivity contribution in [3.05, 3.63) is 47.9 Å². The Bertz CT molecular complexity index is 502. The van der Waals surface area contributed by atoms with Crippen molar-refractivity contribution in [2.24, 2.45) is 0 Å². The molecule has 0 aromatic carbocycles. The van der Waals surface area contributed by atoms with E-state index in [0.29, 0.717) is 31.8 Å². The molecule has 0 fully saturated rings. The van der Waals surface area contributed by atoms with Crippen molar-refractivity contribution in [2.45, 2.75) is 32.6 Å². The molecule has 5 nitrogen and oxygen atoms in total. The summed E-state index contributed by atoms with van der Waals surface area (Å²) in [5.41, 5.74) is 0.817. The zero-order chi connectivity index (χ0) is 15.1. The zero-order valence-corrected chi connectivity index (χ0v) is 12.2. The molecule has 0 amide bonds.